The van der Waals surface area contributed by atoms with E-state index in [0.717, 1.165) is 25.4 Å². The monoisotopic (exact) mass is 254 g/mol. The molecule has 4 nitrogen and oxygen atoms in total. The van der Waals surface area contributed by atoms with Crippen LogP contribution < -0.4 is 4.74 Å². The van der Waals surface area contributed by atoms with E-state index in [0.29, 0.717) is 11.3 Å². The second-order valence-electron chi connectivity index (χ2n) is 4.38. The lowest BCUT2D eigenvalue weighted by molar-refractivity contribution is -0.109. The molecule has 0 aliphatic heterocycles. The number of para-hydroxylation sites is 1. The Morgan fingerprint density at radius 3 is 2.41 bits per heavy atom. The first kappa shape index (κ1) is 12.1. The predicted molar refractivity (Wildman–Crippen MR) is 63.1 cm³/mol. The van der Waals surface area contributed by atoms with Gasteiger partial charge in [0.2, 0.25) is 0 Å². The molecule has 0 bridgehead atoms. The van der Waals surface area contributed by atoms with Crippen molar-refractivity contribution in [1.82, 2.24) is 0 Å². The van der Waals surface area contributed by atoms with Crippen LogP contribution in [0.4, 0.5) is 0 Å². The van der Waals surface area contributed by atoms with E-state index < -0.39 is 15.3 Å². The Kier molecular flexibility index (Phi) is 2.73. The van der Waals surface area contributed by atoms with Gasteiger partial charge in [0.1, 0.15) is 16.9 Å². The van der Waals surface area contributed by atoms with Crippen LogP contribution in [0.25, 0.3) is 0 Å². The predicted octanol–water partition coefficient (Wildman–Crippen LogP) is 1.33. The number of aldehydes is 1. The molecule has 1 saturated carbocycles. The molecule has 17 heavy (non-hydrogen) atoms. The van der Waals surface area contributed by atoms with E-state index >= 15 is 0 Å². The number of carbonyl (C=O) groups excluding carboxylic acids is 1. The minimum absolute atomic E-state index is 0.144. The molecule has 0 N–H and O–H groups in total. The van der Waals surface area contributed by atoms with Crippen molar-refractivity contribution in [2.45, 2.75) is 23.2 Å². The van der Waals surface area contributed by atoms with Crippen molar-refractivity contribution in [2.24, 2.45) is 0 Å². The van der Waals surface area contributed by atoms with Crippen LogP contribution in [-0.4, -0.2) is 28.1 Å². The van der Waals surface area contributed by atoms with Crippen LogP contribution in [0.15, 0.2) is 23.1 Å². The number of hydrogen-bond acceptors (Lipinski definition) is 4. The molecule has 0 amide bonds. The number of carbonyl (C=O) groups is 1. The zero-order valence-corrected chi connectivity index (χ0v) is 10.6. The van der Waals surface area contributed by atoms with Crippen LogP contribution in [0, 0.1) is 0 Å². The van der Waals surface area contributed by atoms with Gasteiger partial charge in [0.15, 0.2) is 9.84 Å². The highest BCUT2D eigenvalue weighted by molar-refractivity contribution is 7.90. The van der Waals surface area contributed by atoms with Crippen molar-refractivity contribution >= 4 is 16.1 Å². The van der Waals surface area contributed by atoms with Gasteiger partial charge in [0.25, 0.3) is 0 Å². The van der Waals surface area contributed by atoms with Gasteiger partial charge in [0.05, 0.1) is 12.5 Å². The van der Waals surface area contributed by atoms with E-state index in [9.17, 15) is 13.2 Å². The van der Waals surface area contributed by atoms with Crippen LogP contribution in [0.5, 0.6) is 5.75 Å². The topological polar surface area (TPSA) is 60.4 Å². The fraction of sp³-hybridized carbons (Fsp3) is 0.417. The quantitative estimate of drug-likeness (QED) is 0.760. The Labute approximate surface area is 101 Å². The maximum Gasteiger partial charge on any atom is 0.179 e. The van der Waals surface area contributed by atoms with Gasteiger partial charge >= 0.3 is 0 Å². The Morgan fingerprint density at radius 1 is 1.35 bits per heavy atom. The van der Waals surface area contributed by atoms with Gasteiger partial charge in [-0.15, -0.1) is 0 Å². The molecule has 5 heteroatoms. The maximum atomic E-state index is 11.6. The molecule has 1 aromatic rings. The van der Waals surface area contributed by atoms with E-state index in [2.05, 4.69) is 0 Å². The molecular formula is C12H14O4S. The summed E-state index contributed by atoms with van der Waals surface area (Å²) in [5.41, 5.74) is 0.143. The summed E-state index contributed by atoms with van der Waals surface area (Å²) >= 11 is 0. The summed E-state index contributed by atoms with van der Waals surface area (Å²) in [4.78, 5) is 11.3. The van der Waals surface area contributed by atoms with Crippen molar-refractivity contribution in [3.63, 3.8) is 0 Å². The molecule has 0 unspecified atom stereocenters. The number of ether oxygens (including phenoxy) is 1. The third-order valence-corrected chi connectivity index (χ3v) is 4.25. The molecule has 2 rings (SSSR count). The van der Waals surface area contributed by atoms with E-state index in [1.807, 2.05) is 0 Å². The smallest absolute Gasteiger partial charge is 0.179 e. The van der Waals surface area contributed by atoms with Crippen molar-refractivity contribution in [3.8, 4) is 5.75 Å². The largest absolute Gasteiger partial charge is 0.495 e. The molecule has 92 valence electrons. The molecule has 0 radical (unpaired) electrons. The van der Waals surface area contributed by atoms with Gasteiger partial charge in [-0.25, -0.2) is 8.42 Å². The maximum absolute atomic E-state index is 11.6. The molecule has 1 aliphatic rings. The third kappa shape index (κ3) is 1.95. The SMILES string of the molecule is COc1c(C2(C=O)CC2)cccc1S(C)(=O)=O. The zero-order chi connectivity index (χ0) is 12.7. The van der Waals surface area contributed by atoms with Gasteiger partial charge in [-0.1, -0.05) is 12.1 Å². The average molecular weight is 254 g/mol. The van der Waals surface area contributed by atoms with Crippen molar-refractivity contribution in [1.29, 1.82) is 0 Å². The van der Waals surface area contributed by atoms with Gasteiger partial charge < -0.3 is 9.53 Å². The van der Waals surface area contributed by atoms with Crippen LogP contribution in [0.2, 0.25) is 0 Å². The van der Waals surface area contributed by atoms with E-state index in [4.69, 9.17) is 4.74 Å². The summed E-state index contributed by atoms with van der Waals surface area (Å²) < 4.78 is 28.5. The second kappa shape index (κ2) is 3.84. The Balaban J connectivity index is 2.67. The fourth-order valence-corrected chi connectivity index (χ4v) is 2.85. The Bertz CT molecular complexity index is 556. The highest BCUT2D eigenvalue weighted by atomic mass is 32.2. The fourth-order valence-electron chi connectivity index (χ4n) is 2.00. The summed E-state index contributed by atoms with van der Waals surface area (Å²) in [6.07, 6.45) is 3.52. The highest BCUT2D eigenvalue weighted by Crippen LogP contribution is 2.50. The molecule has 1 aromatic carbocycles. The molecular weight excluding hydrogens is 240 g/mol. The van der Waals surface area contributed by atoms with Crippen LogP contribution in [-0.2, 0) is 20.0 Å². The summed E-state index contributed by atoms with van der Waals surface area (Å²) in [7, 11) is -1.92. The highest BCUT2D eigenvalue weighted by Gasteiger charge is 2.47. The van der Waals surface area contributed by atoms with Gasteiger partial charge in [-0.2, -0.15) is 0 Å². The lowest BCUT2D eigenvalue weighted by Crippen LogP contribution is -2.12. The van der Waals surface area contributed by atoms with Gasteiger partial charge in [-0.05, 0) is 18.9 Å². The van der Waals surface area contributed by atoms with Crippen LogP contribution in [0.1, 0.15) is 18.4 Å². The standard InChI is InChI=1S/C12H14O4S/c1-16-11-9(12(8-13)6-7-12)4-3-5-10(11)17(2,14)15/h3-5,8H,6-7H2,1-2H3. The molecule has 1 fully saturated rings. The number of sulfone groups is 1. The molecule has 0 aromatic heterocycles. The molecule has 1 aliphatic carbocycles. The minimum Gasteiger partial charge on any atom is -0.495 e. The van der Waals surface area contributed by atoms with E-state index in [1.54, 1.807) is 12.1 Å². The van der Waals surface area contributed by atoms with E-state index in [1.165, 1.54) is 13.2 Å². The molecule has 0 heterocycles. The lowest BCUT2D eigenvalue weighted by Gasteiger charge is -2.15. The first-order chi connectivity index (χ1) is 7.94. The zero-order valence-electron chi connectivity index (χ0n) is 9.76. The van der Waals surface area contributed by atoms with Crippen molar-refractivity contribution in [3.05, 3.63) is 23.8 Å². The lowest BCUT2D eigenvalue weighted by atomic mass is 9.97. The van der Waals surface area contributed by atoms with Crippen molar-refractivity contribution in [2.75, 3.05) is 13.4 Å². The van der Waals surface area contributed by atoms with Gasteiger partial charge in [-0.3, -0.25) is 0 Å². The molecule has 0 atom stereocenters. The number of rotatable bonds is 4. The van der Waals surface area contributed by atoms with Crippen molar-refractivity contribution < 1.29 is 17.9 Å². The molecule has 0 saturated heterocycles. The summed E-state index contributed by atoms with van der Waals surface area (Å²) in [5.74, 6) is 0.305. The average Bonchev–Trinajstić information content (AvgIpc) is 3.07. The molecule has 0 spiro atoms. The Morgan fingerprint density at radius 2 is 2.00 bits per heavy atom. The normalized spacial score (nSPS) is 17.5. The number of benzene rings is 1. The van der Waals surface area contributed by atoms with Gasteiger partial charge in [0, 0.05) is 11.8 Å². The van der Waals surface area contributed by atoms with Crippen LogP contribution >= 0.6 is 0 Å². The third-order valence-electron chi connectivity index (χ3n) is 3.13. The first-order valence-corrected chi connectivity index (χ1v) is 7.17. The first-order valence-electron chi connectivity index (χ1n) is 5.28. The summed E-state index contributed by atoms with van der Waals surface area (Å²) in [5, 5.41) is 0. The van der Waals surface area contributed by atoms with Crippen LogP contribution in [0.3, 0.4) is 0 Å². The number of hydrogen-bond donors (Lipinski definition) is 0. The minimum atomic E-state index is -3.35. The summed E-state index contributed by atoms with van der Waals surface area (Å²) in [6.45, 7) is 0. The Hall–Kier alpha value is -1.36. The van der Waals surface area contributed by atoms with E-state index in [-0.39, 0.29) is 4.90 Å². The second-order valence-corrected chi connectivity index (χ2v) is 6.37. The number of methoxy groups -OCH3 is 1. The summed E-state index contributed by atoms with van der Waals surface area (Å²) in [6, 6.07) is 4.91.